The van der Waals surface area contributed by atoms with Crippen molar-refractivity contribution in [1.29, 1.82) is 0 Å². The van der Waals surface area contributed by atoms with Crippen LogP contribution in [0.3, 0.4) is 0 Å². The Labute approximate surface area is 642 Å². The van der Waals surface area contributed by atoms with Crippen molar-refractivity contribution in [2.75, 3.05) is 72.7 Å². The lowest BCUT2D eigenvalue weighted by atomic mass is 9.85. The summed E-state index contributed by atoms with van der Waals surface area (Å²) in [6.07, 6.45) is -66.3. The molecule has 0 bridgehead atoms. The molecule has 55 heteroatoms. The van der Waals surface area contributed by atoms with Gasteiger partial charge in [0.1, 0.15) is 239 Å². The fraction of sp³-hybridized carbons (Fsp3) is 0.966. The van der Waals surface area contributed by atoms with E-state index in [1.807, 2.05) is 0 Å². The minimum Gasteiger partial charge on any atom is -0.394 e. The van der Waals surface area contributed by atoms with Gasteiger partial charge in [-0.3, -0.25) is 0 Å². The van der Waals surface area contributed by atoms with Crippen LogP contribution in [0.5, 0.6) is 0 Å². The molecule has 0 aromatic rings. The van der Waals surface area contributed by atoms with E-state index in [4.69, 9.17) is 166 Å². The third-order valence-electron chi connectivity index (χ3n) is 18.5. The molecule has 55 nitrogen and oxygen atoms in total. The van der Waals surface area contributed by atoms with Gasteiger partial charge in [0.15, 0.2) is 37.7 Å². The lowest BCUT2D eigenvalue weighted by Crippen LogP contribution is -2.63. The first-order valence-corrected chi connectivity index (χ1v) is 34.2. The molecular weight excluding hydrogens is 1590 g/mol. The molecule has 7 heterocycles. The van der Waals surface area contributed by atoms with Crippen LogP contribution in [0.1, 0.15) is 6.92 Å². The molecule has 7 saturated heterocycles. The second-order valence-electron chi connectivity index (χ2n) is 26.7. The summed E-state index contributed by atoms with van der Waals surface area (Å²) in [5, 5.41) is 398. The summed E-state index contributed by atoms with van der Waals surface area (Å²) in [5.74, 6) is -6.74. The maximum atomic E-state index is 10.3. The first kappa shape index (κ1) is 107. The SMILES string of the molecule is C[C@H](O)[C@H](O)[C@@H](O)[C@@H](O)C=O.O=C[C@H](O)[C@@H](O)[C@H](O)[C@H](O)CO.OC1OC[C@@H](O)[C@H](O)[C@H]1O.OC[C@H]1O[C@@](CO)(O[C@H]2O[C@H](CO)[C@@H](O)[C@H](O)[C@H]2O)[C@@H](O)[C@@H]1O.OC[C@H]1O[C@H](OC[C@H]2O[C@H](O[C@]3(CO)O[C@H](CO)[C@@H](O)[C@@H]3O)[C@H](O)[C@@H](O)[C@@H]2O)[C@H](O)[C@@H](O)[C@H]1O.OC[C@H]1O[C@](O)(CO)[C@@H](O)[C@@H]1O.O[C@H]1[C@H](O)[C@@H](O)[C@H](O)[C@@H](O)[C@H]1O. The molecule has 0 aromatic heterocycles. The predicted octanol–water partition coefficient (Wildman–Crippen LogP) is -28.3. The molecule has 0 amide bonds. The van der Waals surface area contributed by atoms with Crippen molar-refractivity contribution in [3.63, 3.8) is 0 Å². The number of rotatable bonds is 24. The second kappa shape index (κ2) is 48.8. The lowest BCUT2D eigenvalue weighted by molar-refractivity contribution is -0.388. The van der Waals surface area contributed by atoms with Gasteiger partial charge in [0.2, 0.25) is 17.4 Å². The highest BCUT2D eigenvalue weighted by atomic mass is 16.8. The van der Waals surface area contributed by atoms with Crippen LogP contribution in [-0.4, -0.2) is 579 Å². The van der Waals surface area contributed by atoms with Crippen LogP contribution in [0.2, 0.25) is 0 Å². The Balaban J connectivity index is 0.000000479. The normalized spacial score (nSPS) is 45.4. The van der Waals surface area contributed by atoms with E-state index in [2.05, 4.69) is 9.47 Å². The van der Waals surface area contributed by atoms with E-state index in [0.717, 1.165) is 0 Å². The molecule has 0 aromatic carbocycles. The largest absolute Gasteiger partial charge is 0.394 e. The van der Waals surface area contributed by atoms with Crippen molar-refractivity contribution in [1.82, 2.24) is 0 Å². The molecule has 0 spiro atoms. The van der Waals surface area contributed by atoms with Crippen LogP contribution in [0.15, 0.2) is 0 Å². The van der Waals surface area contributed by atoms with Gasteiger partial charge < -0.3 is 277 Å². The Bertz CT molecular complexity index is 2560. The average Bonchev–Trinajstić information content (AvgIpc) is 1.58. The van der Waals surface area contributed by atoms with Gasteiger partial charge in [0, 0.05) is 0 Å². The number of hydrogen-bond acceptors (Lipinski definition) is 55. The Morgan fingerprint density at radius 1 is 0.351 bits per heavy atom. The first-order chi connectivity index (χ1) is 53.0. The summed E-state index contributed by atoms with van der Waals surface area (Å²) in [7, 11) is 0. The standard InChI is InChI=1S/C18H32O16.C12H22O11.3C6H12O6.C6H12O5.C5H10O5/c19-1-5-8(22)11(25)13(27)16(31-5)30-3-7-9(23)12(26)14(28)17(32-7)34-18(4-21)15(29)10(24)6(2-20)33-18;13-1-4-6(16)8(18)9(19)11(21-4)23-12(3-15)10(20)7(17)5(2-14)22-12;7-1-3-4(9)5(10)6(11,2-8)12-3;7-1-2(8)4(10)6(12)5(11)3(1)9;7-1-3(9)5(11)6(12)4(10)2-8;1-3(8)5(10)6(11)4(9)2-7;6-2-1-10-5(9)4(8)3(2)7/h5-17,19-29H,1-4H2;4-11,13-20H,1-3H2;3-5,7-11H,1-2H2;1-12H;1,3-6,8-12H,2H2;2-6,8-11H,1H3;2-9H,1H2/t5-,6-,7-,8+,9-,10-,11+,12+,13-,14-,15+,16+,17-,18+;4-,5-,6-,7-,8+,9-,10+,11-,12+;3-,4-,5+,6-;1-,2-,3-,4+,5-,6-;3-,4+,5+,6+;3-,4-,5-,6-;2-,3+,4-,5?/m111.001/s1. The number of carbonyl (C=O) groups is 2. The van der Waals surface area contributed by atoms with Crippen LogP contribution in [0.25, 0.3) is 0 Å². The molecule has 1 aliphatic carbocycles. The smallest absolute Gasteiger partial charge is 0.224 e. The van der Waals surface area contributed by atoms with Crippen molar-refractivity contribution in [3.8, 4) is 0 Å². The van der Waals surface area contributed by atoms with E-state index in [0.29, 0.717) is 0 Å². The van der Waals surface area contributed by atoms with Gasteiger partial charge >= 0.3 is 0 Å². The van der Waals surface area contributed by atoms with Crippen LogP contribution >= 0.6 is 0 Å². The number of carbonyl (C=O) groups excluding carboxylic acids is 2. The molecular formula is C59H112O55. The van der Waals surface area contributed by atoms with Crippen LogP contribution in [-0.2, 0) is 57.0 Å². The quantitative estimate of drug-likeness (QED) is 0.0399. The van der Waals surface area contributed by atoms with Gasteiger partial charge in [-0.15, -0.1) is 0 Å². The number of hydrogen-bond donors (Lipinski definition) is 43. The van der Waals surface area contributed by atoms with Gasteiger partial charge in [-0.25, -0.2) is 0 Å². The Morgan fingerprint density at radius 3 is 0.965 bits per heavy atom. The van der Waals surface area contributed by atoms with Crippen molar-refractivity contribution in [2.24, 2.45) is 0 Å². The molecule has 114 heavy (non-hydrogen) atoms. The number of aliphatic hydroxyl groups is 43. The first-order valence-electron chi connectivity index (χ1n) is 34.2. The molecule has 0 radical (unpaired) electrons. The summed E-state index contributed by atoms with van der Waals surface area (Å²) >= 11 is 0. The highest BCUT2D eigenvalue weighted by molar-refractivity contribution is 5.57. The van der Waals surface area contributed by atoms with E-state index in [1.54, 1.807) is 0 Å². The van der Waals surface area contributed by atoms with Gasteiger partial charge in [-0.1, -0.05) is 0 Å². The zero-order valence-corrected chi connectivity index (χ0v) is 59.8. The Kier molecular flexibility index (Phi) is 45.9. The Hall–Kier alpha value is -2.78. The minimum atomic E-state index is -2.36. The van der Waals surface area contributed by atoms with Crippen molar-refractivity contribution in [3.05, 3.63) is 0 Å². The van der Waals surface area contributed by atoms with Crippen LogP contribution in [0, 0.1) is 0 Å². The van der Waals surface area contributed by atoms with Gasteiger partial charge in [-0.05, 0) is 6.92 Å². The molecule has 43 N–H and O–H groups in total. The van der Waals surface area contributed by atoms with E-state index >= 15 is 0 Å². The molecule has 8 aliphatic rings. The third-order valence-corrected chi connectivity index (χ3v) is 18.5. The summed E-state index contributed by atoms with van der Waals surface area (Å²) in [4.78, 5) is 19.8. The zero-order valence-electron chi connectivity index (χ0n) is 59.8. The molecule has 1 unspecified atom stereocenters. The number of aliphatic hydroxyl groups excluding tert-OH is 42. The van der Waals surface area contributed by atoms with Crippen molar-refractivity contribution >= 4 is 12.6 Å². The van der Waals surface area contributed by atoms with Gasteiger partial charge in [-0.2, -0.15) is 0 Å². The highest BCUT2D eigenvalue weighted by Gasteiger charge is 2.61. The molecule has 1 saturated carbocycles. The average molecular weight is 1700 g/mol. The fourth-order valence-corrected chi connectivity index (χ4v) is 11.0. The summed E-state index contributed by atoms with van der Waals surface area (Å²) in [6.45, 7) is -6.49. The van der Waals surface area contributed by atoms with Gasteiger partial charge in [0.25, 0.3) is 0 Å². The summed E-state index contributed by atoms with van der Waals surface area (Å²) in [5.41, 5.74) is 0. The monoisotopic (exact) mass is 1700 g/mol. The molecule has 8 rings (SSSR count). The van der Waals surface area contributed by atoms with Crippen LogP contribution in [0.4, 0.5) is 0 Å². The number of ether oxygens (including phenoxy) is 10. The fourth-order valence-electron chi connectivity index (χ4n) is 11.0. The maximum Gasteiger partial charge on any atom is 0.224 e. The predicted molar refractivity (Wildman–Crippen MR) is 345 cm³/mol. The molecule has 678 valence electrons. The van der Waals surface area contributed by atoms with E-state index in [9.17, 15) is 102 Å². The zero-order chi connectivity index (χ0) is 88.0. The van der Waals surface area contributed by atoms with Crippen LogP contribution < -0.4 is 0 Å². The highest BCUT2D eigenvalue weighted by Crippen LogP contribution is 2.39. The van der Waals surface area contributed by atoms with Crippen molar-refractivity contribution < 1.29 is 277 Å². The molecule has 39 atom stereocenters. The lowest BCUT2D eigenvalue weighted by Gasteiger charge is -2.44. The topological polar surface area (TPSA) is 996 Å². The van der Waals surface area contributed by atoms with E-state index in [-0.39, 0.29) is 19.2 Å². The minimum absolute atomic E-state index is 0.0258. The van der Waals surface area contributed by atoms with E-state index < -0.39 is 341 Å². The Morgan fingerprint density at radius 2 is 0.667 bits per heavy atom. The van der Waals surface area contributed by atoms with Crippen molar-refractivity contribution in [2.45, 2.75) is 281 Å². The second-order valence-corrected chi connectivity index (χ2v) is 26.7. The van der Waals surface area contributed by atoms with Gasteiger partial charge in [0.05, 0.1) is 65.6 Å². The molecule has 8 fully saturated rings. The number of aldehydes is 2. The third kappa shape index (κ3) is 26.6. The van der Waals surface area contributed by atoms with E-state index in [1.165, 1.54) is 6.92 Å². The summed E-state index contributed by atoms with van der Waals surface area (Å²) in [6, 6.07) is 0. The summed E-state index contributed by atoms with van der Waals surface area (Å²) < 4.78 is 51.0. The maximum absolute atomic E-state index is 10.3. The molecule has 7 aliphatic heterocycles.